The minimum absolute atomic E-state index is 0.596. The lowest BCUT2D eigenvalue weighted by Crippen LogP contribution is -2.15. The first-order valence-electron chi connectivity index (χ1n) is 6.42. The van der Waals surface area contributed by atoms with Crippen molar-refractivity contribution in [1.82, 2.24) is 5.32 Å². The number of aliphatic imine (C=N–C) groups is 1. The van der Waals surface area contributed by atoms with Crippen molar-refractivity contribution < 1.29 is 13.0 Å². The van der Waals surface area contributed by atoms with Gasteiger partial charge in [0.05, 0.1) is 12.8 Å². The van der Waals surface area contributed by atoms with E-state index < -0.39 is 10.1 Å². The molecular weight excluding hydrogens is 290 g/mol. The van der Waals surface area contributed by atoms with E-state index in [1.165, 1.54) is 16.7 Å². The van der Waals surface area contributed by atoms with Crippen molar-refractivity contribution in [3.63, 3.8) is 0 Å². The molecular formula is C14H21N3O3S. The van der Waals surface area contributed by atoms with Gasteiger partial charge in [-0.05, 0) is 36.6 Å². The lowest BCUT2D eigenvalue weighted by atomic mass is 10.0. The van der Waals surface area contributed by atoms with Crippen molar-refractivity contribution in [2.75, 3.05) is 19.3 Å². The van der Waals surface area contributed by atoms with Crippen LogP contribution in [-0.2, 0) is 10.1 Å². The summed E-state index contributed by atoms with van der Waals surface area (Å²) in [4.78, 5) is 4.19. The van der Waals surface area contributed by atoms with Crippen LogP contribution in [0.25, 0.3) is 5.70 Å². The maximum Gasteiger partial charge on any atom is 0.261 e. The monoisotopic (exact) mass is 311 g/mol. The van der Waals surface area contributed by atoms with Gasteiger partial charge in [-0.3, -0.25) is 9.55 Å². The predicted octanol–water partition coefficient (Wildman–Crippen LogP) is 1.11. The van der Waals surface area contributed by atoms with Crippen molar-refractivity contribution >= 4 is 21.7 Å². The molecule has 0 spiro atoms. The van der Waals surface area contributed by atoms with E-state index in [9.17, 15) is 8.42 Å². The Bertz CT molecular complexity index is 656. The fourth-order valence-electron chi connectivity index (χ4n) is 1.71. The molecule has 21 heavy (non-hydrogen) atoms. The SMILES string of the molecule is CS(=O)(=O)O.Cc1ccc(C2=CC(N)=NCCN2)cc1C. The van der Waals surface area contributed by atoms with Crippen LogP contribution in [0.5, 0.6) is 0 Å². The van der Waals surface area contributed by atoms with E-state index in [0.717, 1.165) is 18.8 Å². The first kappa shape index (κ1) is 17.2. The van der Waals surface area contributed by atoms with Crippen LogP contribution in [0.15, 0.2) is 29.3 Å². The third kappa shape index (κ3) is 6.92. The summed E-state index contributed by atoms with van der Waals surface area (Å²) in [5, 5.41) is 3.34. The smallest absolute Gasteiger partial charge is 0.261 e. The molecule has 0 unspecified atom stereocenters. The van der Waals surface area contributed by atoms with Gasteiger partial charge in [0.25, 0.3) is 10.1 Å². The average Bonchev–Trinajstić information content (AvgIpc) is 2.55. The highest BCUT2D eigenvalue weighted by Gasteiger charge is 2.06. The predicted molar refractivity (Wildman–Crippen MR) is 85.9 cm³/mol. The van der Waals surface area contributed by atoms with Crippen LogP contribution in [0.2, 0.25) is 0 Å². The van der Waals surface area contributed by atoms with Crippen molar-refractivity contribution in [2.24, 2.45) is 10.7 Å². The number of amidine groups is 1. The molecule has 4 N–H and O–H groups in total. The molecule has 0 fully saturated rings. The van der Waals surface area contributed by atoms with Crippen molar-refractivity contribution in [3.8, 4) is 0 Å². The van der Waals surface area contributed by atoms with Crippen LogP contribution in [0, 0.1) is 13.8 Å². The van der Waals surface area contributed by atoms with E-state index in [0.29, 0.717) is 12.1 Å². The van der Waals surface area contributed by atoms with E-state index in [4.69, 9.17) is 10.3 Å². The van der Waals surface area contributed by atoms with Crippen LogP contribution in [0.1, 0.15) is 16.7 Å². The fourth-order valence-corrected chi connectivity index (χ4v) is 1.71. The Balaban J connectivity index is 0.000000383. The molecule has 0 bridgehead atoms. The van der Waals surface area contributed by atoms with Crippen molar-refractivity contribution in [1.29, 1.82) is 0 Å². The third-order valence-electron chi connectivity index (χ3n) is 2.83. The van der Waals surface area contributed by atoms with E-state index >= 15 is 0 Å². The molecule has 0 saturated heterocycles. The molecule has 1 heterocycles. The number of hydrogen-bond donors (Lipinski definition) is 3. The van der Waals surface area contributed by atoms with E-state index in [2.05, 4.69) is 42.4 Å². The molecule has 1 aromatic rings. The van der Waals surface area contributed by atoms with Crippen molar-refractivity contribution in [3.05, 3.63) is 41.0 Å². The minimum Gasteiger partial charge on any atom is -0.384 e. The topological polar surface area (TPSA) is 105 Å². The standard InChI is InChI=1S/C13H17N3.CH4O3S/c1-9-3-4-11(7-10(9)2)12-8-13(14)16-6-5-15-12;1-5(2,3)4/h3-4,7-8,15H,5-6H2,1-2H3,(H2,14,16);1H3,(H,2,3,4). The van der Waals surface area contributed by atoms with Gasteiger partial charge in [0.1, 0.15) is 5.84 Å². The summed E-state index contributed by atoms with van der Waals surface area (Å²) in [7, 11) is -3.67. The van der Waals surface area contributed by atoms with Gasteiger partial charge in [-0.2, -0.15) is 8.42 Å². The normalized spacial score (nSPS) is 14.9. The number of aryl methyl sites for hydroxylation is 2. The molecule has 7 heteroatoms. The second kappa shape index (κ2) is 7.24. The molecule has 0 aliphatic carbocycles. The Morgan fingerprint density at radius 2 is 1.90 bits per heavy atom. The minimum atomic E-state index is -3.67. The summed E-state index contributed by atoms with van der Waals surface area (Å²) >= 11 is 0. The first-order valence-corrected chi connectivity index (χ1v) is 8.27. The molecule has 116 valence electrons. The maximum absolute atomic E-state index is 9.19. The van der Waals surface area contributed by atoms with E-state index in [-0.39, 0.29) is 0 Å². The highest BCUT2D eigenvalue weighted by molar-refractivity contribution is 7.85. The van der Waals surface area contributed by atoms with E-state index in [1.54, 1.807) is 0 Å². The summed E-state index contributed by atoms with van der Waals surface area (Å²) in [6.45, 7) is 5.80. The molecule has 2 rings (SSSR count). The van der Waals surface area contributed by atoms with Gasteiger partial charge in [0, 0.05) is 18.3 Å². The Morgan fingerprint density at radius 1 is 1.29 bits per heavy atom. The number of hydrogen-bond acceptors (Lipinski definition) is 5. The first-order chi connectivity index (χ1) is 9.66. The Hall–Kier alpha value is -1.86. The zero-order chi connectivity index (χ0) is 16.0. The molecule has 0 amide bonds. The zero-order valence-corrected chi connectivity index (χ0v) is 13.2. The summed E-state index contributed by atoms with van der Waals surface area (Å²) in [5.74, 6) is 0.596. The van der Waals surface area contributed by atoms with Gasteiger partial charge >= 0.3 is 0 Å². The maximum atomic E-state index is 9.19. The molecule has 0 saturated carbocycles. The zero-order valence-electron chi connectivity index (χ0n) is 12.4. The number of nitrogens with two attached hydrogens (primary N) is 1. The molecule has 0 radical (unpaired) electrons. The molecule has 1 aliphatic rings. The van der Waals surface area contributed by atoms with Gasteiger partial charge in [0.15, 0.2) is 0 Å². The van der Waals surface area contributed by atoms with Gasteiger partial charge in [0.2, 0.25) is 0 Å². The Morgan fingerprint density at radius 3 is 2.48 bits per heavy atom. The second-order valence-electron chi connectivity index (χ2n) is 4.82. The van der Waals surface area contributed by atoms with Gasteiger partial charge in [-0.25, -0.2) is 0 Å². The molecule has 0 atom stereocenters. The summed E-state index contributed by atoms with van der Waals surface area (Å²) in [6, 6.07) is 6.41. The fraction of sp³-hybridized carbons (Fsp3) is 0.357. The largest absolute Gasteiger partial charge is 0.384 e. The molecule has 1 aromatic carbocycles. The lowest BCUT2D eigenvalue weighted by molar-refractivity contribution is 0.490. The van der Waals surface area contributed by atoms with Crippen LogP contribution >= 0.6 is 0 Å². The Labute approximate surface area is 125 Å². The quantitative estimate of drug-likeness (QED) is 0.674. The van der Waals surface area contributed by atoms with Gasteiger partial charge in [-0.15, -0.1) is 0 Å². The number of nitrogens with zero attached hydrogens (tertiary/aromatic N) is 1. The number of nitrogens with one attached hydrogen (secondary N) is 1. The second-order valence-corrected chi connectivity index (χ2v) is 6.29. The highest BCUT2D eigenvalue weighted by atomic mass is 32.2. The van der Waals surface area contributed by atoms with Crippen LogP contribution in [-0.4, -0.2) is 38.2 Å². The van der Waals surface area contributed by atoms with Gasteiger partial charge < -0.3 is 11.1 Å². The summed E-state index contributed by atoms with van der Waals surface area (Å²) in [5.41, 5.74) is 10.6. The summed E-state index contributed by atoms with van der Waals surface area (Å²) in [6.07, 6.45) is 2.62. The third-order valence-corrected chi connectivity index (χ3v) is 2.83. The average molecular weight is 311 g/mol. The lowest BCUT2D eigenvalue weighted by Gasteiger charge is -2.10. The number of benzene rings is 1. The highest BCUT2D eigenvalue weighted by Crippen LogP contribution is 2.16. The molecule has 1 aliphatic heterocycles. The van der Waals surface area contributed by atoms with Crippen LogP contribution in [0.3, 0.4) is 0 Å². The van der Waals surface area contributed by atoms with Crippen LogP contribution < -0.4 is 11.1 Å². The summed E-state index contributed by atoms with van der Waals surface area (Å²) < 4.78 is 25.9. The molecule has 0 aromatic heterocycles. The van der Waals surface area contributed by atoms with E-state index in [1.807, 2.05) is 6.08 Å². The Kier molecular flexibility index (Phi) is 5.92. The number of rotatable bonds is 1. The van der Waals surface area contributed by atoms with Crippen molar-refractivity contribution in [2.45, 2.75) is 13.8 Å². The molecule has 6 nitrogen and oxygen atoms in total. The van der Waals surface area contributed by atoms with Gasteiger partial charge in [-0.1, -0.05) is 12.1 Å². The van der Waals surface area contributed by atoms with Crippen LogP contribution in [0.4, 0.5) is 0 Å².